The Morgan fingerprint density at radius 3 is 2.11 bits per heavy atom. The summed E-state index contributed by atoms with van der Waals surface area (Å²) in [4.78, 5) is 32.6. The molecule has 2 N–H and O–H groups in total. The molecule has 0 saturated carbocycles. The molecule has 10 heteroatoms. The lowest BCUT2D eigenvalue weighted by atomic mass is 10.1. The first-order valence-corrected chi connectivity index (χ1v) is 8.17. The van der Waals surface area contributed by atoms with Crippen LogP contribution in [0.4, 0.5) is 22.7 Å². The maximum atomic E-state index is 11.5. The second kappa shape index (κ2) is 9.67. The molecule has 0 bridgehead atoms. The van der Waals surface area contributed by atoms with E-state index >= 15 is 0 Å². The van der Waals surface area contributed by atoms with Crippen LogP contribution in [-0.2, 0) is 4.74 Å². The van der Waals surface area contributed by atoms with Crippen molar-refractivity contribution in [2.75, 3.05) is 30.8 Å². The summed E-state index contributed by atoms with van der Waals surface area (Å²) in [6.07, 6.45) is 3.46. The van der Waals surface area contributed by atoms with Gasteiger partial charge < -0.3 is 15.4 Å². The Morgan fingerprint density at radius 1 is 0.964 bits per heavy atom. The molecule has 0 aliphatic heterocycles. The first-order valence-electron chi connectivity index (χ1n) is 8.17. The summed E-state index contributed by atoms with van der Waals surface area (Å²) >= 11 is 0. The number of nitrogens with one attached hydrogen (secondary N) is 2. The molecule has 0 atom stereocenters. The maximum Gasteiger partial charge on any atom is 0.338 e. The zero-order valence-corrected chi connectivity index (χ0v) is 15.0. The second-order valence-corrected chi connectivity index (χ2v) is 5.49. The Bertz CT molecular complexity index is 913. The van der Waals surface area contributed by atoms with E-state index in [1.807, 2.05) is 0 Å². The van der Waals surface area contributed by atoms with Gasteiger partial charge in [0, 0.05) is 25.2 Å². The lowest BCUT2D eigenvalue weighted by Crippen LogP contribution is -2.06. The van der Waals surface area contributed by atoms with Crippen LogP contribution in [0.5, 0.6) is 0 Å². The number of nitro groups is 2. The number of hydrogen-bond donors (Lipinski definition) is 2. The number of nitrogens with zero attached hydrogens (tertiary/aromatic N) is 2. The molecule has 0 spiro atoms. The van der Waals surface area contributed by atoms with Crippen LogP contribution in [0.25, 0.3) is 0 Å². The highest BCUT2D eigenvalue weighted by Gasteiger charge is 2.17. The van der Waals surface area contributed by atoms with Gasteiger partial charge in [-0.15, -0.1) is 0 Å². The second-order valence-electron chi connectivity index (χ2n) is 5.49. The van der Waals surface area contributed by atoms with E-state index in [0.29, 0.717) is 12.2 Å². The third-order valence-electron chi connectivity index (χ3n) is 3.70. The van der Waals surface area contributed by atoms with E-state index in [0.717, 1.165) is 6.07 Å². The minimum atomic E-state index is -0.657. The van der Waals surface area contributed by atoms with Crippen LogP contribution in [-0.4, -0.2) is 36.0 Å². The van der Waals surface area contributed by atoms with Gasteiger partial charge in [0.05, 0.1) is 22.5 Å². The quantitative estimate of drug-likeness (QED) is 0.290. The van der Waals surface area contributed by atoms with Crippen LogP contribution in [0.3, 0.4) is 0 Å². The van der Waals surface area contributed by atoms with Gasteiger partial charge in [-0.1, -0.05) is 24.3 Å². The fraction of sp³-hybridized carbons (Fsp3) is 0.167. The molecule has 0 amide bonds. The molecule has 2 rings (SSSR count). The number of carbonyl (C=O) groups excluding carboxylic acids is 1. The van der Waals surface area contributed by atoms with Crippen molar-refractivity contribution in [2.24, 2.45) is 0 Å². The summed E-state index contributed by atoms with van der Waals surface area (Å²) in [7, 11) is 1.20. The van der Waals surface area contributed by atoms with Crippen molar-refractivity contribution in [3.8, 4) is 0 Å². The Morgan fingerprint density at radius 2 is 1.54 bits per heavy atom. The molecule has 2 aromatic rings. The number of ether oxygens (including phenoxy) is 1. The predicted octanol–water partition coefficient (Wildman–Crippen LogP) is 3.37. The molecule has 0 aliphatic rings. The molecule has 0 radical (unpaired) electrons. The van der Waals surface area contributed by atoms with Crippen molar-refractivity contribution in [3.05, 3.63) is 80.4 Å². The van der Waals surface area contributed by atoms with E-state index in [4.69, 9.17) is 0 Å². The van der Waals surface area contributed by atoms with Gasteiger partial charge in [-0.3, -0.25) is 20.2 Å². The van der Waals surface area contributed by atoms with Gasteiger partial charge >= 0.3 is 5.97 Å². The molecule has 0 aliphatic carbocycles. The largest absolute Gasteiger partial charge is 0.465 e. The van der Waals surface area contributed by atoms with Crippen LogP contribution in [0.15, 0.2) is 54.6 Å². The van der Waals surface area contributed by atoms with Gasteiger partial charge in [0.25, 0.3) is 11.4 Å². The van der Waals surface area contributed by atoms with Crippen molar-refractivity contribution < 1.29 is 19.4 Å². The Hall–Kier alpha value is -3.95. The minimum Gasteiger partial charge on any atom is -0.465 e. The van der Waals surface area contributed by atoms with Gasteiger partial charge in [-0.2, -0.15) is 0 Å². The third-order valence-corrected chi connectivity index (χ3v) is 3.70. The molecule has 2 aromatic carbocycles. The molecule has 146 valence electrons. The summed E-state index contributed by atoms with van der Waals surface area (Å²) in [5.41, 5.74) is 0.488. The van der Waals surface area contributed by atoms with Crippen molar-refractivity contribution in [1.29, 1.82) is 0 Å². The van der Waals surface area contributed by atoms with Crippen LogP contribution >= 0.6 is 0 Å². The highest BCUT2D eigenvalue weighted by atomic mass is 16.6. The van der Waals surface area contributed by atoms with Gasteiger partial charge in [-0.25, -0.2) is 4.79 Å². The zero-order chi connectivity index (χ0) is 20.5. The number of para-hydroxylation sites is 2. The molecule has 0 unspecified atom stereocenters. The average Bonchev–Trinajstić information content (AvgIpc) is 2.70. The first-order chi connectivity index (χ1) is 13.4. The Kier molecular flexibility index (Phi) is 7.03. The lowest BCUT2D eigenvalue weighted by Gasteiger charge is -2.07. The van der Waals surface area contributed by atoms with Gasteiger partial charge in [0.2, 0.25) is 0 Å². The molecule has 0 aromatic heterocycles. The first kappa shape index (κ1) is 20.4. The zero-order valence-electron chi connectivity index (χ0n) is 15.0. The Labute approximate surface area is 160 Å². The fourth-order valence-electron chi connectivity index (χ4n) is 2.36. The van der Waals surface area contributed by atoms with Crippen molar-refractivity contribution in [1.82, 2.24) is 0 Å². The summed E-state index contributed by atoms with van der Waals surface area (Å²) in [6, 6.07) is 10.3. The number of anilines is 2. The van der Waals surface area contributed by atoms with E-state index in [1.54, 1.807) is 30.4 Å². The van der Waals surface area contributed by atoms with Crippen LogP contribution in [0, 0.1) is 20.2 Å². The third kappa shape index (κ3) is 5.27. The van der Waals surface area contributed by atoms with E-state index < -0.39 is 15.8 Å². The monoisotopic (exact) mass is 386 g/mol. The van der Waals surface area contributed by atoms with Crippen LogP contribution in [0.1, 0.15) is 10.4 Å². The summed E-state index contributed by atoms with van der Waals surface area (Å²) < 4.78 is 4.55. The van der Waals surface area contributed by atoms with Crippen molar-refractivity contribution in [3.63, 3.8) is 0 Å². The normalized spacial score (nSPS) is 10.5. The maximum absolute atomic E-state index is 11.5. The van der Waals surface area contributed by atoms with E-state index in [9.17, 15) is 25.0 Å². The SMILES string of the molecule is COC(=O)c1ccc(NC/C=C/CNc2ccccc2[N+](=O)[O-])c([N+](=O)[O-])c1. The molecule has 28 heavy (non-hydrogen) atoms. The average molecular weight is 386 g/mol. The topological polar surface area (TPSA) is 137 Å². The van der Waals surface area contributed by atoms with E-state index in [1.165, 1.54) is 25.3 Å². The van der Waals surface area contributed by atoms with E-state index in [-0.39, 0.29) is 29.2 Å². The smallest absolute Gasteiger partial charge is 0.338 e. The number of rotatable bonds is 9. The van der Waals surface area contributed by atoms with Gasteiger partial charge in [0.1, 0.15) is 11.4 Å². The van der Waals surface area contributed by atoms with Gasteiger partial charge in [0.15, 0.2) is 0 Å². The minimum absolute atomic E-state index is 0.0182. The summed E-state index contributed by atoms with van der Waals surface area (Å²) in [6.45, 7) is 0.632. The molecule has 0 fully saturated rings. The molecular formula is C18H18N4O6. The lowest BCUT2D eigenvalue weighted by molar-refractivity contribution is -0.384. The highest BCUT2D eigenvalue weighted by Crippen LogP contribution is 2.26. The molecule has 0 saturated heterocycles. The van der Waals surface area contributed by atoms with Crippen LogP contribution in [0.2, 0.25) is 0 Å². The number of carbonyl (C=O) groups is 1. The molecule has 10 nitrogen and oxygen atoms in total. The van der Waals surface area contributed by atoms with E-state index in [2.05, 4.69) is 15.4 Å². The fourth-order valence-corrected chi connectivity index (χ4v) is 2.36. The van der Waals surface area contributed by atoms with Gasteiger partial charge in [-0.05, 0) is 18.2 Å². The summed E-state index contributed by atoms with van der Waals surface area (Å²) in [5.74, 6) is -0.657. The van der Waals surface area contributed by atoms with Crippen molar-refractivity contribution in [2.45, 2.75) is 0 Å². The number of methoxy groups -OCH3 is 1. The standard InChI is InChI=1S/C18H18N4O6/c1-28-18(23)13-8-9-15(17(12-13)22(26)27)20-11-5-4-10-19-14-6-2-3-7-16(14)21(24)25/h2-9,12,19-20H,10-11H2,1H3/b5-4+. The predicted molar refractivity (Wildman–Crippen MR) is 104 cm³/mol. The Balaban J connectivity index is 1.93. The number of esters is 1. The number of hydrogen-bond acceptors (Lipinski definition) is 8. The number of benzene rings is 2. The molecular weight excluding hydrogens is 368 g/mol. The van der Waals surface area contributed by atoms with Crippen LogP contribution < -0.4 is 10.6 Å². The van der Waals surface area contributed by atoms with Crippen molar-refractivity contribution >= 4 is 28.7 Å². The number of nitro benzene ring substituents is 2. The highest BCUT2D eigenvalue weighted by molar-refractivity contribution is 5.91. The molecule has 0 heterocycles. The summed E-state index contributed by atoms with van der Waals surface area (Å²) in [5, 5.41) is 28.0.